The molecule has 0 aliphatic rings. The molecule has 0 atom stereocenters. The summed E-state index contributed by atoms with van der Waals surface area (Å²) in [7, 11) is 0. The molecule has 0 heterocycles. The van der Waals surface area contributed by atoms with E-state index < -0.39 is 0 Å². The zero-order valence-corrected chi connectivity index (χ0v) is 13.2. The van der Waals surface area contributed by atoms with Crippen LogP contribution in [0.25, 0.3) is 0 Å². The molecule has 0 fully saturated rings. The summed E-state index contributed by atoms with van der Waals surface area (Å²) in [6.45, 7) is 9.23. The summed E-state index contributed by atoms with van der Waals surface area (Å²) >= 11 is 0. The third-order valence-corrected chi connectivity index (χ3v) is 2.91. The lowest BCUT2D eigenvalue weighted by molar-refractivity contribution is -0.146. The van der Waals surface area contributed by atoms with Crippen molar-refractivity contribution in [3.63, 3.8) is 0 Å². The molecule has 4 nitrogen and oxygen atoms in total. The predicted octanol–water partition coefficient (Wildman–Crippen LogP) is 2.68. The first-order chi connectivity index (χ1) is 9.15. The van der Waals surface area contributed by atoms with E-state index >= 15 is 0 Å². The molecule has 0 aliphatic heterocycles. The second kappa shape index (κ2) is 10.5. The normalized spacial score (nSPS) is 10.0. The van der Waals surface area contributed by atoms with Gasteiger partial charge in [0.15, 0.2) is 6.61 Å². The predicted molar refractivity (Wildman–Crippen MR) is 82.7 cm³/mol. The number of rotatable bonds is 8. The van der Waals surface area contributed by atoms with E-state index in [2.05, 4.69) is 18.7 Å². The second-order valence-electron chi connectivity index (χ2n) is 4.35. The molecule has 0 aliphatic carbocycles. The molecule has 0 unspecified atom stereocenters. The lowest BCUT2D eigenvalue weighted by Crippen LogP contribution is -2.28. The first-order valence-electron chi connectivity index (χ1n) is 6.73. The highest BCUT2D eigenvalue weighted by Gasteiger charge is 2.05. The molecule has 0 saturated carbocycles. The van der Waals surface area contributed by atoms with Crippen molar-refractivity contribution in [1.29, 1.82) is 0 Å². The number of esters is 1. The molecule has 5 heteroatoms. The van der Waals surface area contributed by atoms with Crippen LogP contribution in [0.15, 0.2) is 24.3 Å². The molecule has 1 aromatic rings. The van der Waals surface area contributed by atoms with E-state index in [-0.39, 0.29) is 25.0 Å². The van der Waals surface area contributed by atoms with Gasteiger partial charge in [0, 0.05) is 6.54 Å². The summed E-state index contributed by atoms with van der Waals surface area (Å²) in [5.74, 6) is 0.370. The van der Waals surface area contributed by atoms with Crippen LogP contribution < -0.4 is 4.74 Å². The number of nitrogens with zero attached hydrogens (tertiary/aromatic N) is 1. The largest absolute Gasteiger partial charge is 0.482 e. The minimum atomic E-state index is -0.325. The van der Waals surface area contributed by atoms with Gasteiger partial charge in [-0.05, 0) is 37.7 Å². The number of halogens is 1. The molecular formula is C15H24ClNO3. The maximum absolute atomic E-state index is 11.5. The standard InChI is InChI=1S/C15H23NO3.ClH/c1-4-16(5-2)9-10-18-15(17)12-19-14-8-6-7-13(3)11-14;/h6-8,11H,4-5,9-10,12H2,1-3H3;1H. The Kier molecular flexibility index (Phi) is 9.86. The van der Waals surface area contributed by atoms with E-state index in [9.17, 15) is 4.79 Å². The summed E-state index contributed by atoms with van der Waals surface area (Å²) in [6, 6.07) is 7.60. The molecule has 1 rings (SSSR count). The Morgan fingerprint density at radius 1 is 1.25 bits per heavy atom. The minimum Gasteiger partial charge on any atom is -0.482 e. The summed E-state index contributed by atoms with van der Waals surface area (Å²) in [5.41, 5.74) is 1.10. The van der Waals surface area contributed by atoms with Crippen LogP contribution >= 0.6 is 12.4 Å². The lowest BCUT2D eigenvalue weighted by Gasteiger charge is -2.17. The van der Waals surface area contributed by atoms with Gasteiger partial charge in [-0.15, -0.1) is 12.4 Å². The van der Waals surface area contributed by atoms with Gasteiger partial charge in [0.25, 0.3) is 0 Å². The van der Waals surface area contributed by atoms with Gasteiger partial charge in [0.1, 0.15) is 12.4 Å². The second-order valence-corrected chi connectivity index (χ2v) is 4.35. The van der Waals surface area contributed by atoms with Gasteiger partial charge in [0.05, 0.1) is 0 Å². The molecule has 0 N–H and O–H groups in total. The fraction of sp³-hybridized carbons (Fsp3) is 0.533. The zero-order valence-electron chi connectivity index (χ0n) is 12.4. The van der Waals surface area contributed by atoms with Crippen molar-refractivity contribution in [1.82, 2.24) is 4.90 Å². The summed E-state index contributed by atoms with van der Waals surface area (Å²) < 4.78 is 10.5. The van der Waals surface area contributed by atoms with E-state index in [1.54, 1.807) is 0 Å². The van der Waals surface area contributed by atoms with Crippen molar-refractivity contribution < 1.29 is 14.3 Å². The molecule has 0 saturated heterocycles. The molecule has 0 bridgehead atoms. The van der Waals surface area contributed by atoms with Crippen molar-refractivity contribution >= 4 is 18.4 Å². The Hall–Kier alpha value is -1.26. The van der Waals surface area contributed by atoms with E-state index in [0.29, 0.717) is 12.4 Å². The van der Waals surface area contributed by atoms with Crippen LogP contribution in [0, 0.1) is 6.92 Å². The van der Waals surface area contributed by atoms with Crippen molar-refractivity contribution in [2.75, 3.05) is 32.8 Å². The zero-order chi connectivity index (χ0) is 14.1. The van der Waals surface area contributed by atoms with E-state index in [0.717, 1.165) is 25.2 Å². The van der Waals surface area contributed by atoms with Crippen LogP contribution in [0.3, 0.4) is 0 Å². The number of ether oxygens (including phenoxy) is 2. The quantitative estimate of drug-likeness (QED) is 0.692. The van der Waals surface area contributed by atoms with Crippen LogP contribution in [-0.2, 0) is 9.53 Å². The van der Waals surface area contributed by atoms with Gasteiger partial charge in [0.2, 0.25) is 0 Å². The molecule has 1 aromatic carbocycles. The number of carbonyl (C=O) groups is 1. The van der Waals surface area contributed by atoms with Crippen LogP contribution in [0.4, 0.5) is 0 Å². The smallest absolute Gasteiger partial charge is 0.344 e. The van der Waals surface area contributed by atoms with E-state index in [1.165, 1.54) is 0 Å². The lowest BCUT2D eigenvalue weighted by atomic mass is 10.2. The Labute approximate surface area is 127 Å². The van der Waals surface area contributed by atoms with Gasteiger partial charge >= 0.3 is 5.97 Å². The van der Waals surface area contributed by atoms with Gasteiger partial charge in [-0.25, -0.2) is 4.79 Å². The van der Waals surface area contributed by atoms with Gasteiger partial charge < -0.3 is 14.4 Å². The molecule has 0 radical (unpaired) electrons. The first-order valence-corrected chi connectivity index (χ1v) is 6.73. The number of benzene rings is 1. The summed E-state index contributed by atoms with van der Waals surface area (Å²) in [5, 5.41) is 0. The van der Waals surface area contributed by atoms with Crippen molar-refractivity contribution in [2.45, 2.75) is 20.8 Å². The maximum Gasteiger partial charge on any atom is 0.344 e. The summed E-state index contributed by atoms with van der Waals surface area (Å²) in [6.07, 6.45) is 0. The fourth-order valence-electron chi connectivity index (χ4n) is 1.72. The minimum absolute atomic E-state index is 0. The fourth-order valence-corrected chi connectivity index (χ4v) is 1.72. The van der Waals surface area contributed by atoms with E-state index in [1.807, 2.05) is 31.2 Å². The third-order valence-electron chi connectivity index (χ3n) is 2.91. The monoisotopic (exact) mass is 301 g/mol. The average Bonchev–Trinajstić information content (AvgIpc) is 2.41. The molecular weight excluding hydrogens is 278 g/mol. The number of hydrogen-bond acceptors (Lipinski definition) is 4. The van der Waals surface area contributed by atoms with Crippen LogP contribution in [0.2, 0.25) is 0 Å². The Bertz CT molecular complexity index is 394. The Morgan fingerprint density at radius 3 is 2.55 bits per heavy atom. The summed E-state index contributed by atoms with van der Waals surface area (Å²) in [4.78, 5) is 13.7. The van der Waals surface area contributed by atoms with Crippen LogP contribution in [0.1, 0.15) is 19.4 Å². The Morgan fingerprint density at radius 2 is 1.95 bits per heavy atom. The SMILES string of the molecule is CCN(CC)CCOC(=O)COc1cccc(C)c1.Cl. The molecule has 114 valence electrons. The van der Waals surface area contributed by atoms with Gasteiger partial charge in [-0.2, -0.15) is 0 Å². The molecule has 0 spiro atoms. The number of aryl methyl sites for hydroxylation is 1. The average molecular weight is 302 g/mol. The molecule has 20 heavy (non-hydrogen) atoms. The highest BCUT2D eigenvalue weighted by atomic mass is 35.5. The Balaban J connectivity index is 0.00000361. The third kappa shape index (κ3) is 7.36. The van der Waals surface area contributed by atoms with Gasteiger partial charge in [-0.1, -0.05) is 26.0 Å². The number of likely N-dealkylation sites (N-methyl/N-ethyl adjacent to an activating group) is 1. The topological polar surface area (TPSA) is 38.8 Å². The van der Waals surface area contributed by atoms with Crippen LogP contribution in [-0.4, -0.2) is 43.7 Å². The van der Waals surface area contributed by atoms with Crippen LogP contribution in [0.5, 0.6) is 5.75 Å². The number of carbonyl (C=O) groups excluding carboxylic acids is 1. The van der Waals surface area contributed by atoms with Gasteiger partial charge in [-0.3, -0.25) is 0 Å². The highest BCUT2D eigenvalue weighted by molar-refractivity contribution is 5.85. The van der Waals surface area contributed by atoms with E-state index in [4.69, 9.17) is 9.47 Å². The number of hydrogen-bond donors (Lipinski definition) is 0. The maximum atomic E-state index is 11.5. The first kappa shape index (κ1) is 18.7. The van der Waals surface area contributed by atoms with Crippen molar-refractivity contribution in [3.8, 4) is 5.75 Å². The molecule has 0 aromatic heterocycles. The van der Waals surface area contributed by atoms with Crippen molar-refractivity contribution in [2.24, 2.45) is 0 Å². The molecule has 0 amide bonds. The highest BCUT2D eigenvalue weighted by Crippen LogP contribution is 2.11. The van der Waals surface area contributed by atoms with Crippen molar-refractivity contribution in [3.05, 3.63) is 29.8 Å².